The average molecular weight is 430 g/mol. The fourth-order valence-electron chi connectivity index (χ4n) is 2.93. The molecule has 1 aliphatic heterocycles. The number of alkyl carbamates (subject to hydrolysis) is 1. The summed E-state index contributed by atoms with van der Waals surface area (Å²) in [6.45, 7) is 4.80. The summed E-state index contributed by atoms with van der Waals surface area (Å²) in [7, 11) is 1.32. The van der Waals surface area contributed by atoms with Crippen LogP contribution < -0.4 is 14.8 Å². The highest BCUT2D eigenvalue weighted by Crippen LogP contribution is 2.30. The molecule has 8 nitrogen and oxygen atoms in total. The van der Waals surface area contributed by atoms with Crippen molar-refractivity contribution in [1.29, 1.82) is 0 Å². The summed E-state index contributed by atoms with van der Waals surface area (Å²) < 4.78 is 45.6. The van der Waals surface area contributed by atoms with Crippen LogP contribution in [0.15, 0.2) is 18.2 Å². The van der Waals surface area contributed by atoms with Gasteiger partial charge in [0.25, 0.3) is 5.91 Å². The molecule has 30 heavy (non-hydrogen) atoms. The number of carbonyl (C=O) groups is 2. The Morgan fingerprint density at radius 1 is 1.27 bits per heavy atom. The van der Waals surface area contributed by atoms with Crippen LogP contribution >= 0.6 is 0 Å². The molecule has 0 saturated carbocycles. The molecule has 1 aliphatic rings. The van der Waals surface area contributed by atoms with E-state index in [0.717, 1.165) is 0 Å². The van der Waals surface area contributed by atoms with Gasteiger partial charge in [0.15, 0.2) is 11.5 Å². The van der Waals surface area contributed by atoms with Crippen molar-refractivity contribution < 1.29 is 37.3 Å². The molecule has 1 heterocycles. The van der Waals surface area contributed by atoms with Crippen LogP contribution in [-0.2, 0) is 9.47 Å². The lowest BCUT2D eigenvalue weighted by Crippen LogP contribution is -2.54. The van der Waals surface area contributed by atoms with Gasteiger partial charge in [-0.2, -0.15) is 8.78 Å². The van der Waals surface area contributed by atoms with Crippen LogP contribution in [0.5, 0.6) is 11.5 Å². The fourth-order valence-corrected chi connectivity index (χ4v) is 2.93. The lowest BCUT2D eigenvalue weighted by atomic mass is 10.1. The number of rotatable bonds is 6. The van der Waals surface area contributed by atoms with Gasteiger partial charge in [0.05, 0.1) is 25.9 Å². The first-order valence-corrected chi connectivity index (χ1v) is 9.53. The molecule has 1 saturated heterocycles. The van der Waals surface area contributed by atoms with E-state index >= 15 is 0 Å². The number of hydrogen-bond donors (Lipinski definition) is 1. The summed E-state index contributed by atoms with van der Waals surface area (Å²) >= 11 is 0. The number of methoxy groups -OCH3 is 1. The van der Waals surface area contributed by atoms with Crippen molar-refractivity contribution in [2.45, 2.75) is 52.1 Å². The van der Waals surface area contributed by atoms with Gasteiger partial charge in [-0.3, -0.25) is 4.79 Å². The van der Waals surface area contributed by atoms with Gasteiger partial charge in [0.2, 0.25) is 0 Å². The Balaban J connectivity index is 2.06. The van der Waals surface area contributed by atoms with E-state index in [2.05, 4.69) is 10.1 Å². The second-order valence-corrected chi connectivity index (χ2v) is 7.84. The van der Waals surface area contributed by atoms with Crippen LogP contribution in [0, 0.1) is 0 Å². The molecule has 10 heteroatoms. The lowest BCUT2D eigenvalue weighted by Gasteiger charge is -2.36. The van der Waals surface area contributed by atoms with E-state index in [1.54, 1.807) is 27.7 Å². The number of morpholine rings is 1. The Hall–Kier alpha value is -2.62. The molecule has 168 valence electrons. The highest BCUT2D eigenvalue weighted by molar-refractivity contribution is 5.95. The molecule has 1 fully saturated rings. The molecule has 0 bridgehead atoms. The molecule has 1 aromatic rings. The standard InChI is InChI=1S/C20H28F2N2O6/c1-12(23-19(26)30-20(2,3)4)16-11-24(8-9-28-16)17(25)13-6-7-14(27-5)15(10-13)29-18(21)22/h6-7,10,12,16,18H,8-9,11H2,1-5H3,(H,23,26)/t12-,16-/m0/s1. The molecule has 1 N–H and O–H groups in total. The van der Waals surface area contributed by atoms with Crippen molar-refractivity contribution in [3.63, 3.8) is 0 Å². The number of hydrogen-bond acceptors (Lipinski definition) is 6. The number of carbonyl (C=O) groups excluding carboxylic acids is 2. The van der Waals surface area contributed by atoms with Crippen molar-refractivity contribution in [2.24, 2.45) is 0 Å². The maximum Gasteiger partial charge on any atom is 0.407 e. The van der Waals surface area contributed by atoms with Gasteiger partial charge in [-0.15, -0.1) is 0 Å². The molecular formula is C20H28F2N2O6. The molecule has 2 atom stereocenters. The topological polar surface area (TPSA) is 86.3 Å². The van der Waals surface area contributed by atoms with E-state index in [9.17, 15) is 18.4 Å². The van der Waals surface area contributed by atoms with Crippen molar-refractivity contribution >= 4 is 12.0 Å². The smallest absolute Gasteiger partial charge is 0.407 e. The molecule has 2 amide bonds. The van der Waals surface area contributed by atoms with E-state index in [-0.39, 0.29) is 36.1 Å². The molecule has 2 rings (SSSR count). The fraction of sp³-hybridized carbons (Fsp3) is 0.600. The number of benzene rings is 1. The molecule has 0 aromatic heterocycles. The zero-order chi connectivity index (χ0) is 22.5. The normalized spacial score (nSPS) is 18.0. The number of alkyl halides is 2. The summed E-state index contributed by atoms with van der Waals surface area (Å²) in [5, 5.41) is 2.71. The predicted molar refractivity (Wildman–Crippen MR) is 104 cm³/mol. The maximum absolute atomic E-state index is 12.9. The number of halogens is 2. The molecular weight excluding hydrogens is 402 g/mol. The first-order valence-electron chi connectivity index (χ1n) is 9.53. The zero-order valence-electron chi connectivity index (χ0n) is 17.7. The van der Waals surface area contributed by atoms with Crippen LogP contribution in [0.25, 0.3) is 0 Å². The van der Waals surface area contributed by atoms with Gasteiger partial charge >= 0.3 is 12.7 Å². The van der Waals surface area contributed by atoms with E-state index < -0.39 is 30.5 Å². The lowest BCUT2D eigenvalue weighted by molar-refractivity contribution is -0.0513. The first-order chi connectivity index (χ1) is 14.0. The van der Waals surface area contributed by atoms with Crippen molar-refractivity contribution in [3.8, 4) is 11.5 Å². The van der Waals surface area contributed by atoms with Crippen LogP contribution in [0.1, 0.15) is 38.1 Å². The minimum Gasteiger partial charge on any atom is -0.493 e. The third-order valence-corrected chi connectivity index (χ3v) is 4.31. The van der Waals surface area contributed by atoms with Crippen LogP contribution in [0.3, 0.4) is 0 Å². The van der Waals surface area contributed by atoms with Gasteiger partial charge in [0, 0.05) is 18.7 Å². The molecule has 1 aromatic carbocycles. The highest BCUT2D eigenvalue weighted by atomic mass is 19.3. The molecule has 0 aliphatic carbocycles. The Kier molecular flexibility index (Phi) is 7.83. The van der Waals surface area contributed by atoms with E-state index in [1.165, 1.54) is 30.2 Å². The predicted octanol–water partition coefficient (Wildman–Crippen LogP) is 3.05. The van der Waals surface area contributed by atoms with E-state index in [0.29, 0.717) is 6.54 Å². The third-order valence-electron chi connectivity index (χ3n) is 4.31. The van der Waals surface area contributed by atoms with Crippen molar-refractivity contribution in [2.75, 3.05) is 26.8 Å². The average Bonchev–Trinajstić information content (AvgIpc) is 2.65. The Morgan fingerprint density at radius 2 is 1.97 bits per heavy atom. The number of ether oxygens (including phenoxy) is 4. The summed E-state index contributed by atoms with van der Waals surface area (Å²) in [6.07, 6.45) is -1.03. The van der Waals surface area contributed by atoms with Crippen molar-refractivity contribution in [3.05, 3.63) is 23.8 Å². The molecule has 0 spiro atoms. The van der Waals surface area contributed by atoms with Gasteiger partial charge in [-0.05, 0) is 45.9 Å². The maximum atomic E-state index is 12.9. The largest absolute Gasteiger partial charge is 0.493 e. The van der Waals surface area contributed by atoms with Gasteiger partial charge in [-0.1, -0.05) is 0 Å². The minimum atomic E-state index is -3.04. The molecule has 0 unspecified atom stereocenters. The Bertz CT molecular complexity index is 753. The van der Waals surface area contributed by atoms with Crippen molar-refractivity contribution in [1.82, 2.24) is 10.2 Å². The Labute approximate surface area is 174 Å². The van der Waals surface area contributed by atoms with Crippen LogP contribution in [0.4, 0.5) is 13.6 Å². The first kappa shape index (κ1) is 23.7. The second kappa shape index (κ2) is 9.92. The van der Waals surface area contributed by atoms with Gasteiger partial charge < -0.3 is 29.2 Å². The quantitative estimate of drug-likeness (QED) is 0.747. The monoisotopic (exact) mass is 430 g/mol. The highest BCUT2D eigenvalue weighted by Gasteiger charge is 2.31. The van der Waals surface area contributed by atoms with Crippen LogP contribution in [0.2, 0.25) is 0 Å². The minimum absolute atomic E-state index is 0.0990. The summed E-state index contributed by atoms with van der Waals surface area (Å²) in [5.74, 6) is -0.487. The van der Waals surface area contributed by atoms with Gasteiger partial charge in [0.1, 0.15) is 5.60 Å². The van der Waals surface area contributed by atoms with Crippen LogP contribution in [-0.4, -0.2) is 68.1 Å². The Morgan fingerprint density at radius 3 is 2.57 bits per heavy atom. The number of nitrogens with zero attached hydrogens (tertiary/aromatic N) is 1. The summed E-state index contributed by atoms with van der Waals surface area (Å²) in [6, 6.07) is 3.69. The molecule has 0 radical (unpaired) electrons. The van der Waals surface area contributed by atoms with E-state index in [4.69, 9.17) is 14.2 Å². The second-order valence-electron chi connectivity index (χ2n) is 7.84. The van der Waals surface area contributed by atoms with Gasteiger partial charge in [-0.25, -0.2) is 4.79 Å². The van der Waals surface area contributed by atoms with E-state index in [1.807, 2.05) is 0 Å². The third kappa shape index (κ3) is 6.72. The zero-order valence-corrected chi connectivity index (χ0v) is 17.7. The summed E-state index contributed by atoms with van der Waals surface area (Å²) in [4.78, 5) is 26.4. The number of nitrogens with one attached hydrogen (secondary N) is 1. The summed E-state index contributed by atoms with van der Waals surface area (Å²) in [5.41, 5.74) is -0.453. The number of amides is 2. The SMILES string of the molecule is COc1ccc(C(=O)N2CCO[C@H]([C@H](C)NC(=O)OC(C)(C)C)C2)cc1OC(F)F.